The van der Waals surface area contributed by atoms with Gasteiger partial charge in [-0.1, -0.05) is 23.7 Å². The zero-order chi connectivity index (χ0) is 12.4. The summed E-state index contributed by atoms with van der Waals surface area (Å²) in [5, 5.41) is 6.35. The van der Waals surface area contributed by atoms with Gasteiger partial charge in [-0.3, -0.25) is 0 Å². The second kappa shape index (κ2) is 5.17. The minimum Gasteiger partial charge on any atom is -0.493 e. The molecular weight excluding hydrogens is 246 g/mol. The highest BCUT2D eigenvalue weighted by Crippen LogP contribution is 2.27. The molecule has 3 rings (SSSR count). The molecular formula is C15H16ClNO. The number of fused-ring (bicyclic) bond motifs is 1. The average molecular weight is 262 g/mol. The van der Waals surface area contributed by atoms with Crippen molar-refractivity contribution in [2.75, 3.05) is 19.7 Å². The number of rotatable bonds is 3. The van der Waals surface area contributed by atoms with Gasteiger partial charge < -0.3 is 10.1 Å². The van der Waals surface area contributed by atoms with Crippen molar-refractivity contribution >= 4 is 22.4 Å². The Hall–Kier alpha value is -1.25. The molecule has 0 spiro atoms. The van der Waals surface area contributed by atoms with Crippen molar-refractivity contribution in [3.05, 3.63) is 41.4 Å². The van der Waals surface area contributed by atoms with Crippen LogP contribution in [0.5, 0.6) is 5.75 Å². The normalized spacial score (nSPS) is 19.3. The lowest BCUT2D eigenvalue weighted by Crippen LogP contribution is -2.15. The molecule has 0 aliphatic carbocycles. The third-order valence-electron chi connectivity index (χ3n) is 3.45. The topological polar surface area (TPSA) is 21.3 Å². The molecule has 0 saturated carbocycles. The van der Waals surface area contributed by atoms with Crippen LogP contribution in [0.2, 0.25) is 5.02 Å². The largest absolute Gasteiger partial charge is 0.493 e. The lowest BCUT2D eigenvalue weighted by Gasteiger charge is -2.11. The van der Waals surface area contributed by atoms with E-state index in [-0.39, 0.29) is 0 Å². The third kappa shape index (κ3) is 2.45. The second-order valence-corrected chi connectivity index (χ2v) is 5.20. The molecule has 1 heterocycles. The van der Waals surface area contributed by atoms with Crippen molar-refractivity contribution in [1.82, 2.24) is 5.32 Å². The lowest BCUT2D eigenvalue weighted by molar-refractivity contribution is 0.260. The Morgan fingerprint density at radius 3 is 3.06 bits per heavy atom. The summed E-state index contributed by atoms with van der Waals surface area (Å²) in [6.45, 7) is 2.97. The summed E-state index contributed by atoms with van der Waals surface area (Å²) < 4.78 is 5.85. The maximum atomic E-state index is 6.14. The second-order valence-electron chi connectivity index (χ2n) is 4.79. The summed E-state index contributed by atoms with van der Waals surface area (Å²) in [5.74, 6) is 1.57. The van der Waals surface area contributed by atoms with E-state index in [2.05, 4.69) is 17.4 Å². The quantitative estimate of drug-likeness (QED) is 0.913. The first-order valence-electron chi connectivity index (χ1n) is 6.35. The summed E-state index contributed by atoms with van der Waals surface area (Å²) in [5.41, 5.74) is 0. The molecule has 0 bridgehead atoms. The fraction of sp³-hybridized carbons (Fsp3) is 0.333. The molecule has 18 heavy (non-hydrogen) atoms. The minimum atomic E-state index is 0.639. The molecule has 1 fully saturated rings. The molecule has 0 radical (unpaired) electrons. The van der Waals surface area contributed by atoms with Crippen LogP contribution < -0.4 is 10.1 Å². The van der Waals surface area contributed by atoms with Crippen LogP contribution in [0.15, 0.2) is 36.4 Å². The van der Waals surface area contributed by atoms with Gasteiger partial charge in [0.15, 0.2) is 0 Å². The summed E-state index contributed by atoms with van der Waals surface area (Å²) in [7, 11) is 0. The molecule has 1 aliphatic rings. The predicted octanol–water partition coefficient (Wildman–Crippen LogP) is 3.48. The van der Waals surface area contributed by atoms with Crippen LogP contribution in [0.25, 0.3) is 10.8 Å². The molecule has 1 N–H and O–H groups in total. The van der Waals surface area contributed by atoms with Crippen molar-refractivity contribution in [3.8, 4) is 5.75 Å². The molecule has 1 atom stereocenters. The summed E-state index contributed by atoms with van der Waals surface area (Å²) in [6.07, 6.45) is 1.21. The summed E-state index contributed by atoms with van der Waals surface area (Å²) in [6, 6.07) is 12.0. The molecule has 0 aromatic heterocycles. The van der Waals surface area contributed by atoms with Crippen LogP contribution in [-0.4, -0.2) is 19.7 Å². The van der Waals surface area contributed by atoms with E-state index in [0.717, 1.165) is 41.2 Å². The van der Waals surface area contributed by atoms with Crippen molar-refractivity contribution in [3.63, 3.8) is 0 Å². The highest BCUT2D eigenvalue weighted by Gasteiger charge is 2.14. The molecule has 0 amide bonds. The molecule has 2 nitrogen and oxygen atoms in total. The predicted molar refractivity (Wildman–Crippen MR) is 75.4 cm³/mol. The number of benzene rings is 2. The van der Waals surface area contributed by atoms with E-state index in [4.69, 9.17) is 16.3 Å². The molecule has 1 aliphatic heterocycles. The SMILES string of the molecule is Clc1cccc2cc(OCC3CCNC3)ccc12. The van der Waals surface area contributed by atoms with Gasteiger partial charge in [0.1, 0.15) is 5.75 Å². The maximum Gasteiger partial charge on any atom is 0.119 e. The molecule has 2 aromatic carbocycles. The van der Waals surface area contributed by atoms with Crippen molar-refractivity contribution in [2.24, 2.45) is 5.92 Å². The molecule has 2 aromatic rings. The van der Waals surface area contributed by atoms with Gasteiger partial charge in [0.05, 0.1) is 6.61 Å². The highest BCUT2D eigenvalue weighted by molar-refractivity contribution is 6.35. The molecule has 1 saturated heterocycles. The van der Waals surface area contributed by atoms with Crippen LogP contribution in [0, 0.1) is 5.92 Å². The van der Waals surface area contributed by atoms with E-state index in [9.17, 15) is 0 Å². The Morgan fingerprint density at radius 1 is 1.28 bits per heavy atom. The smallest absolute Gasteiger partial charge is 0.119 e. The molecule has 94 valence electrons. The van der Waals surface area contributed by atoms with E-state index in [1.165, 1.54) is 6.42 Å². The van der Waals surface area contributed by atoms with Crippen LogP contribution in [0.4, 0.5) is 0 Å². The van der Waals surface area contributed by atoms with Crippen molar-refractivity contribution in [1.29, 1.82) is 0 Å². The van der Waals surface area contributed by atoms with Gasteiger partial charge in [0.2, 0.25) is 0 Å². The van der Waals surface area contributed by atoms with E-state index in [1.54, 1.807) is 0 Å². The van der Waals surface area contributed by atoms with Gasteiger partial charge in [0.25, 0.3) is 0 Å². The number of halogens is 1. The van der Waals surface area contributed by atoms with Crippen LogP contribution in [0.1, 0.15) is 6.42 Å². The monoisotopic (exact) mass is 261 g/mol. The number of hydrogen-bond donors (Lipinski definition) is 1. The molecule has 1 unspecified atom stereocenters. The highest BCUT2D eigenvalue weighted by atomic mass is 35.5. The van der Waals surface area contributed by atoms with E-state index in [1.807, 2.05) is 24.3 Å². The Morgan fingerprint density at radius 2 is 2.22 bits per heavy atom. The van der Waals surface area contributed by atoms with Gasteiger partial charge in [-0.25, -0.2) is 0 Å². The van der Waals surface area contributed by atoms with Gasteiger partial charge in [0, 0.05) is 22.9 Å². The lowest BCUT2D eigenvalue weighted by atomic mass is 10.1. The van der Waals surface area contributed by atoms with Gasteiger partial charge in [-0.05, 0) is 42.6 Å². The van der Waals surface area contributed by atoms with Crippen LogP contribution in [-0.2, 0) is 0 Å². The first-order valence-corrected chi connectivity index (χ1v) is 6.72. The first-order chi connectivity index (χ1) is 8.83. The number of hydrogen-bond acceptors (Lipinski definition) is 2. The first kappa shape index (κ1) is 11.8. The fourth-order valence-corrected chi connectivity index (χ4v) is 2.63. The van der Waals surface area contributed by atoms with Gasteiger partial charge >= 0.3 is 0 Å². The van der Waals surface area contributed by atoms with Crippen LogP contribution in [0.3, 0.4) is 0 Å². The zero-order valence-corrected chi connectivity index (χ0v) is 10.9. The number of ether oxygens (including phenoxy) is 1. The molecule has 3 heteroatoms. The van der Waals surface area contributed by atoms with E-state index >= 15 is 0 Å². The van der Waals surface area contributed by atoms with Gasteiger partial charge in [-0.2, -0.15) is 0 Å². The standard InChI is InChI=1S/C15H16ClNO/c16-15-3-1-2-12-8-13(4-5-14(12)15)18-10-11-6-7-17-9-11/h1-5,8,11,17H,6-7,9-10H2. The Kier molecular flexibility index (Phi) is 3.39. The zero-order valence-electron chi connectivity index (χ0n) is 10.2. The Labute approximate surface area is 112 Å². The Balaban J connectivity index is 1.76. The van der Waals surface area contributed by atoms with E-state index in [0.29, 0.717) is 5.92 Å². The third-order valence-corrected chi connectivity index (χ3v) is 3.78. The number of nitrogens with one attached hydrogen (secondary N) is 1. The summed E-state index contributed by atoms with van der Waals surface area (Å²) in [4.78, 5) is 0. The average Bonchev–Trinajstić information content (AvgIpc) is 2.90. The van der Waals surface area contributed by atoms with Crippen molar-refractivity contribution < 1.29 is 4.74 Å². The summed E-state index contributed by atoms with van der Waals surface area (Å²) >= 11 is 6.14. The van der Waals surface area contributed by atoms with Crippen molar-refractivity contribution in [2.45, 2.75) is 6.42 Å². The van der Waals surface area contributed by atoms with Gasteiger partial charge in [-0.15, -0.1) is 0 Å². The fourth-order valence-electron chi connectivity index (χ4n) is 2.38. The van der Waals surface area contributed by atoms with E-state index < -0.39 is 0 Å². The van der Waals surface area contributed by atoms with Crippen LogP contribution >= 0.6 is 11.6 Å². The Bertz CT molecular complexity index is 549. The minimum absolute atomic E-state index is 0.639. The maximum absolute atomic E-state index is 6.14.